The maximum atomic E-state index is 14.0. The summed E-state index contributed by atoms with van der Waals surface area (Å²) in [5.41, 5.74) is 4.76. The predicted molar refractivity (Wildman–Crippen MR) is 146 cm³/mol. The Kier molecular flexibility index (Phi) is 6.87. The summed E-state index contributed by atoms with van der Waals surface area (Å²) in [6.45, 7) is 6.49. The molecule has 0 aliphatic carbocycles. The van der Waals surface area contributed by atoms with Crippen molar-refractivity contribution in [3.05, 3.63) is 98.6 Å². The van der Waals surface area contributed by atoms with Crippen molar-refractivity contribution in [2.75, 3.05) is 13.7 Å². The fourth-order valence-electron chi connectivity index (χ4n) is 4.88. The lowest BCUT2D eigenvalue weighted by Gasteiger charge is -2.31. The standard InChI is InChI=1S/C30H31N5O4/c1-30(2,3)39-29(37)33-14-13-25-26(19-33)35-27(23(17-32-35)15-20-5-7-21(16-31)8-6-20)34(28(25)36)18-22-9-11-24(38-4)12-10-22/h5-12,17H,13-15,18-19H2,1-4H3. The van der Waals surface area contributed by atoms with E-state index in [1.807, 2.05) is 57.2 Å². The molecule has 1 amide bonds. The first-order chi connectivity index (χ1) is 18.7. The molecular formula is C30H31N5O4. The van der Waals surface area contributed by atoms with Gasteiger partial charge in [0, 0.05) is 24.1 Å². The van der Waals surface area contributed by atoms with Gasteiger partial charge in [-0.3, -0.25) is 9.36 Å². The van der Waals surface area contributed by atoms with Crippen LogP contribution in [0.2, 0.25) is 0 Å². The number of hydrogen-bond acceptors (Lipinski definition) is 6. The van der Waals surface area contributed by atoms with E-state index in [0.29, 0.717) is 48.4 Å². The quantitative estimate of drug-likeness (QED) is 0.385. The zero-order valence-electron chi connectivity index (χ0n) is 22.6. The number of methoxy groups -OCH3 is 1. The zero-order valence-corrected chi connectivity index (χ0v) is 22.6. The number of nitriles is 1. The van der Waals surface area contributed by atoms with Crippen molar-refractivity contribution in [1.29, 1.82) is 5.26 Å². The summed E-state index contributed by atoms with van der Waals surface area (Å²) in [6.07, 6.45) is 2.32. The number of nitrogens with zero attached hydrogens (tertiary/aromatic N) is 5. The highest BCUT2D eigenvalue weighted by Crippen LogP contribution is 2.24. The van der Waals surface area contributed by atoms with Crippen LogP contribution in [0.1, 0.15) is 54.3 Å². The SMILES string of the molecule is COc1ccc(Cn2c(=O)c3c(n4ncc(Cc5ccc(C#N)cc5)c24)CN(C(=O)OC(C)(C)C)CC3)cc1. The number of fused-ring (bicyclic) bond motifs is 3. The molecule has 2 aromatic heterocycles. The van der Waals surface area contributed by atoms with Gasteiger partial charge in [-0.1, -0.05) is 24.3 Å². The van der Waals surface area contributed by atoms with Crippen LogP contribution in [0.4, 0.5) is 4.79 Å². The Hall–Kier alpha value is -4.58. The molecule has 0 N–H and O–H groups in total. The van der Waals surface area contributed by atoms with Crippen molar-refractivity contribution in [2.24, 2.45) is 0 Å². The number of amides is 1. The Morgan fingerprint density at radius 1 is 1.08 bits per heavy atom. The summed E-state index contributed by atoms with van der Waals surface area (Å²) in [7, 11) is 1.62. The lowest BCUT2D eigenvalue weighted by atomic mass is 10.0. The Morgan fingerprint density at radius 3 is 2.41 bits per heavy atom. The fourth-order valence-corrected chi connectivity index (χ4v) is 4.88. The number of carbonyl (C=O) groups excluding carboxylic acids is 1. The largest absolute Gasteiger partial charge is 0.497 e. The van der Waals surface area contributed by atoms with Crippen LogP contribution in [0.3, 0.4) is 0 Å². The van der Waals surface area contributed by atoms with E-state index in [9.17, 15) is 9.59 Å². The van der Waals surface area contributed by atoms with Crippen LogP contribution < -0.4 is 10.3 Å². The summed E-state index contributed by atoms with van der Waals surface area (Å²) < 4.78 is 14.5. The van der Waals surface area contributed by atoms with Gasteiger partial charge in [0.05, 0.1) is 43.7 Å². The lowest BCUT2D eigenvalue weighted by Crippen LogP contribution is -2.43. The van der Waals surface area contributed by atoms with Gasteiger partial charge < -0.3 is 14.4 Å². The van der Waals surface area contributed by atoms with Crippen LogP contribution in [0.5, 0.6) is 5.75 Å². The summed E-state index contributed by atoms with van der Waals surface area (Å²) in [4.78, 5) is 28.5. The van der Waals surface area contributed by atoms with E-state index < -0.39 is 11.7 Å². The number of carbonyl (C=O) groups is 1. The van der Waals surface area contributed by atoms with Crippen molar-refractivity contribution in [3.63, 3.8) is 0 Å². The van der Waals surface area contributed by atoms with E-state index in [-0.39, 0.29) is 12.1 Å². The molecule has 1 aliphatic rings. The molecular weight excluding hydrogens is 494 g/mol. The first kappa shape index (κ1) is 26.0. The summed E-state index contributed by atoms with van der Waals surface area (Å²) in [5.74, 6) is 0.745. The highest BCUT2D eigenvalue weighted by atomic mass is 16.6. The maximum absolute atomic E-state index is 14.0. The maximum Gasteiger partial charge on any atom is 0.410 e. The van der Waals surface area contributed by atoms with Gasteiger partial charge >= 0.3 is 6.09 Å². The molecule has 0 saturated carbocycles. The number of rotatable bonds is 5. The third-order valence-corrected chi connectivity index (χ3v) is 6.78. The minimum atomic E-state index is -0.617. The third-order valence-electron chi connectivity index (χ3n) is 6.78. The second kappa shape index (κ2) is 10.3. The van der Waals surface area contributed by atoms with Crippen LogP contribution >= 0.6 is 0 Å². The van der Waals surface area contributed by atoms with Crippen LogP contribution in [0.15, 0.2) is 59.5 Å². The molecule has 1 aliphatic heterocycles. The van der Waals surface area contributed by atoms with E-state index in [1.165, 1.54) is 0 Å². The molecule has 0 atom stereocenters. The molecule has 0 radical (unpaired) electrons. The molecule has 9 heteroatoms. The van der Waals surface area contributed by atoms with E-state index in [4.69, 9.17) is 19.8 Å². The zero-order chi connectivity index (χ0) is 27.7. The Bertz CT molecular complexity index is 1620. The second-order valence-corrected chi connectivity index (χ2v) is 10.7. The summed E-state index contributed by atoms with van der Waals surface area (Å²) in [6, 6.07) is 17.2. The molecule has 0 saturated heterocycles. The van der Waals surface area contributed by atoms with Crippen LogP contribution in [0, 0.1) is 11.3 Å². The lowest BCUT2D eigenvalue weighted by molar-refractivity contribution is 0.0218. The molecule has 4 aromatic rings. The average Bonchev–Trinajstić information content (AvgIpc) is 3.34. The molecule has 0 bridgehead atoms. The van der Waals surface area contributed by atoms with Gasteiger partial charge in [-0.25, -0.2) is 9.31 Å². The van der Waals surface area contributed by atoms with E-state index >= 15 is 0 Å². The number of benzene rings is 2. The monoisotopic (exact) mass is 525 g/mol. The molecule has 2 aromatic carbocycles. The van der Waals surface area contributed by atoms with Gasteiger partial charge in [-0.05, 0) is 62.6 Å². The smallest absolute Gasteiger partial charge is 0.410 e. The average molecular weight is 526 g/mol. The van der Waals surface area contributed by atoms with Crippen molar-refractivity contribution in [2.45, 2.75) is 52.3 Å². The Morgan fingerprint density at radius 2 is 1.77 bits per heavy atom. The molecule has 5 rings (SSSR count). The molecule has 0 unspecified atom stereocenters. The third kappa shape index (κ3) is 5.36. The second-order valence-electron chi connectivity index (χ2n) is 10.7. The molecule has 3 heterocycles. The van der Waals surface area contributed by atoms with E-state index in [2.05, 4.69) is 6.07 Å². The van der Waals surface area contributed by atoms with Gasteiger partial charge in [0.1, 0.15) is 17.0 Å². The summed E-state index contributed by atoms with van der Waals surface area (Å²) >= 11 is 0. The van der Waals surface area contributed by atoms with Gasteiger partial charge in [0.2, 0.25) is 0 Å². The van der Waals surface area contributed by atoms with Crippen LogP contribution in [-0.2, 0) is 30.7 Å². The molecule has 39 heavy (non-hydrogen) atoms. The number of hydrogen-bond donors (Lipinski definition) is 0. The molecule has 0 spiro atoms. The van der Waals surface area contributed by atoms with Gasteiger partial charge in [0.25, 0.3) is 5.56 Å². The topological polar surface area (TPSA) is 102 Å². The summed E-state index contributed by atoms with van der Waals surface area (Å²) in [5, 5.41) is 13.9. The minimum Gasteiger partial charge on any atom is -0.497 e. The molecule has 0 fully saturated rings. The minimum absolute atomic E-state index is 0.0845. The fraction of sp³-hybridized carbons (Fsp3) is 0.333. The predicted octanol–water partition coefficient (Wildman–Crippen LogP) is 4.31. The van der Waals surface area contributed by atoms with Gasteiger partial charge in [-0.2, -0.15) is 10.4 Å². The first-order valence-electron chi connectivity index (χ1n) is 12.9. The van der Waals surface area contributed by atoms with Gasteiger partial charge in [-0.15, -0.1) is 0 Å². The highest BCUT2D eigenvalue weighted by Gasteiger charge is 2.30. The van der Waals surface area contributed by atoms with Crippen molar-refractivity contribution in [1.82, 2.24) is 19.1 Å². The van der Waals surface area contributed by atoms with Crippen LogP contribution in [0.25, 0.3) is 5.65 Å². The Balaban J connectivity index is 1.60. The highest BCUT2D eigenvalue weighted by molar-refractivity contribution is 5.68. The van der Waals surface area contributed by atoms with Crippen molar-refractivity contribution >= 4 is 11.7 Å². The van der Waals surface area contributed by atoms with Crippen molar-refractivity contribution < 1.29 is 14.3 Å². The number of ether oxygens (including phenoxy) is 2. The number of aromatic nitrogens is 3. The van der Waals surface area contributed by atoms with E-state index in [0.717, 1.165) is 22.4 Å². The van der Waals surface area contributed by atoms with Crippen molar-refractivity contribution in [3.8, 4) is 11.8 Å². The molecule has 9 nitrogen and oxygen atoms in total. The first-order valence-corrected chi connectivity index (χ1v) is 12.9. The van der Waals surface area contributed by atoms with Gasteiger partial charge in [0.15, 0.2) is 0 Å². The molecule has 200 valence electrons. The Labute approximate surface area is 226 Å². The normalized spacial score (nSPS) is 13.2. The van der Waals surface area contributed by atoms with E-state index in [1.54, 1.807) is 39.4 Å². The van der Waals surface area contributed by atoms with Crippen LogP contribution in [-0.4, -0.2) is 44.4 Å².